The van der Waals surface area contributed by atoms with Crippen LogP contribution < -0.4 is 16.0 Å². The second-order valence-corrected chi connectivity index (χ2v) is 7.79. The molecule has 1 aliphatic rings. The maximum atomic E-state index is 11.9. The number of nitrogens with one attached hydrogen (secondary N) is 3. The third-order valence-corrected chi connectivity index (χ3v) is 5.49. The number of halogens is 1. The fraction of sp³-hybridized carbons (Fsp3) is 0.400. The molecule has 3 rings (SSSR count). The van der Waals surface area contributed by atoms with Crippen molar-refractivity contribution >= 4 is 52.9 Å². The van der Waals surface area contributed by atoms with Crippen molar-refractivity contribution in [3.63, 3.8) is 0 Å². The van der Waals surface area contributed by atoms with Crippen molar-refractivity contribution in [3.8, 4) is 0 Å². The SMILES string of the molecule is CN=C(NCC(C)Cc1cccs1)NCC1CC(=O)Nc2ccccc21.I. The number of aliphatic imine (C=N–C) groups is 1. The summed E-state index contributed by atoms with van der Waals surface area (Å²) in [6, 6.07) is 12.3. The summed E-state index contributed by atoms with van der Waals surface area (Å²) >= 11 is 1.80. The molecule has 1 aromatic carbocycles. The zero-order chi connectivity index (χ0) is 18.4. The van der Waals surface area contributed by atoms with E-state index in [-0.39, 0.29) is 35.8 Å². The molecule has 2 atom stereocenters. The van der Waals surface area contributed by atoms with Crippen molar-refractivity contribution in [2.75, 3.05) is 25.5 Å². The number of benzene rings is 1. The Kier molecular flexibility index (Phi) is 8.56. The molecule has 0 fully saturated rings. The van der Waals surface area contributed by atoms with Gasteiger partial charge in [-0.1, -0.05) is 31.2 Å². The smallest absolute Gasteiger partial charge is 0.225 e. The molecule has 0 bridgehead atoms. The van der Waals surface area contributed by atoms with Gasteiger partial charge in [0, 0.05) is 43.0 Å². The Morgan fingerprint density at radius 2 is 2.11 bits per heavy atom. The molecule has 0 saturated carbocycles. The normalized spacial score (nSPS) is 17.3. The molecule has 1 amide bonds. The van der Waals surface area contributed by atoms with E-state index >= 15 is 0 Å². The molecule has 0 saturated heterocycles. The number of nitrogens with zero attached hydrogens (tertiary/aromatic N) is 1. The van der Waals surface area contributed by atoms with Crippen LogP contribution in [-0.2, 0) is 11.2 Å². The van der Waals surface area contributed by atoms with Gasteiger partial charge in [-0.3, -0.25) is 9.79 Å². The first-order chi connectivity index (χ1) is 12.7. The van der Waals surface area contributed by atoms with E-state index in [4.69, 9.17) is 0 Å². The minimum absolute atomic E-state index is 0. The molecule has 2 heterocycles. The number of carbonyl (C=O) groups is 1. The third-order valence-electron chi connectivity index (χ3n) is 4.59. The number of fused-ring (bicyclic) bond motifs is 1. The van der Waals surface area contributed by atoms with Crippen molar-refractivity contribution in [1.29, 1.82) is 0 Å². The molecule has 27 heavy (non-hydrogen) atoms. The van der Waals surface area contributed by atoms with E-state index in [1.807, 2.05) is 18.2 Å². The van der Waals surface area contributed by atoms with E-state index < -0.39 is 0 Å². The van der Waals surface area contributed by atoms with Gasteiger partial charge in [0.2, 0.25) is 5.91 Å². The number of guanidine groups is 1. The van der Waals surface area contributed by atoms with Gasteiger partial charge >= 0.3 is 0 Å². The van der Waals surface area contributed by atoms with Crippen LogP contribution in [0.4, 0.5) is 5.69 Å². The highest BCUT2D eigenvalue weighted by molar-refractivity contribution is 14.0. The molecule has 2 unspecified atom stereocenters. The zero-order valence-corrected chi connectivity index (χ0v) is 18.8. The van der Waals surface area contributed by atoms with Gasteiger partial charge in [0.1, 0.15) is 0 Å². The van der Waals surface area contributed by atoms with Crippen LogP contribution in [0.2, 0.25) is 0 Å². The first-order valence-electron chi connectivity index (χ1n) is 9.01. The second kappa shape index (κ2) is 10.7. The first kappa shape index (κ1) is 21.7. The molecule has 5 nitrogen and oxygen atoms in total. The Labute approximate surface area is 182 Å². The maximum Gasteiger partial charge on any atom is 0.225 e. The van der Waals surface area contributed by atoms with Crippen molar-refractivity contribution < 1.29 is 4.79 Å². The zero-order valence-electron chi connectivity index (χ0n) is 15.7. The molecule has 0 radical (unpaired) electrons. The number of amides is 1. The van der Waals surface area contributed by atoms with Crippen LogP contribution in [0, 0.1) is 5.92 Å². The molecular formula is C20H27IN4OS. The van der Waals surface area contributed by atoms with Crippen LogP contribution in [0.1, 0.15) is 29.7 Å². The Hall–Kier alpha value is -1.61. The Balaban J connectivity index is 0.00000261. The number of anilines is 1. The van der Waals surface area contributed by atoms with Gasteiger partial charge in [0.05, 0.1) is 0 Å². The van der Waals surface area contributed by atoms with Crippen LogP contribution in [0.3, 0.4) is 0 Å². The minimum Gasteiger partial charge on any atom is -0.356 e. The minimum atomic E-state index is 0. The van der Waals surface area contributed by atoms with Gasteiger partial charge in [-0.2, -0.15) is 0 Å². The lowest BCUT2D eigenvalue weighted by atomic mass is 9.90. The van der Waals surface area contributed by atoms with Crippen molar-refractivity contribution in [2.24, 2.45) is 10.9 Å². The number of para-hydroxylation sites is 1. The van der Waals surface area contributed by atoms with Gasteiger partial charge in [0.25, 0.3) is 0 Å². The molecule has 1 aliphatic heterocycles. The highest BCUT2D eigenvalue weighted by Gasteiger charge is 2.24. The summed E-state index contributed by atoms with van der Waals surface area (Å²) in [6.45, 7) is 3.78. The molecular weight excluding hydrogens is 471 g/mol. The average molecular weight is 498 g/mol. The standard InChI is InChI=1S/C20H26N4OS.HI/c1-14(10-16-6-5-9-26-16)12-22-20(21-2)23-13-15-11-19(25)24-18-8-4-3-7-17(15)18;/h3-9,14-15H,10-13H2,1-2H3,(H,24,25)(H2,21,22,23);1H. The van der Waals surface area contributed by atoms with Crippen LogP contribution in [-0.4, -0.2) is 32.0 Å². The van der Waals surface area contributed by atoms with E-state index in [9.17, 15) is 4.79 Å². The lowest BCUT2D eigenvalue weighted by Crippen LogP contribution is -2.42. The second-order valence-electron chi connectivity index (χ2n) is 6.76. The third kappa shape index (κ3) is 6.21. The molecule has 146 valence electrons. The summed E-state index contributed by atoms with van der Waals surface area (Å²) in [5, 5.41) is 11.8. The van der Waals surface area contributed by atoms with Gasteiger partial charge in [-0.25, -0.2) is 0 Å². The molecule has 2 aromatic rings. The number of hydrogen-bond acceptors (Lipinski definition) is 3. The van der Waals surface area contributed by atoms with E-state index in [0.29, 0.717) is 18.9 Å². The molecule has 1 aromatic heterocycles. The van der Waals surface area contributed by atoms with E-state index in [1.54, 1.807) is 18.4 Å². The van der Waals surface area contributed by atoms with Gasteiger partial charge < -0.3 is 16.0 Å². The Morgan fingerprint density at radius 3 is 2.85 bits per heavy atom. The lowest BCUT2D eigenvalue weighted by molar-refractivity contribution is -0.116. The summed E-state index contributed by atoms with van der Waals surface area (Å²) in [7, 11) is 1.78. The van der Waals surface area contributed by atoms with Crippen molar-refractivity contribution in [3.05, 3.63) is 52.2 Å². The predicted molar refractivity (Wildman–Crippen MR) is 124 cm³/mol. The first-order valence-corrected chi connectivity index (χ1v) is 9.89. The molecule has 0 aliphatic carbocycles. The van der Waals surface area contributed by atoms with E-state index in [0.717, 1.165) is 24.6 Å². The van der Waals surface area contributed by atoms with Gasteiger partial charge in [-0.05, 0) is 35.4 Å². The monoisotopic (exact) mass is 498 g/mol. The Bertz CT molecular complexity index is 763. The average Bonchev–Trinajstić information content (AvgIpc) is 3.14. The van der Waals surface area contributed by atoms with Crippen LogP contribution >= 0.6 is 35.3 Å². The molecule has 3 N–H and O–H groups in total. The Morgan fingerprint density at radius 1 is 1.30 bits per heavy atom. The van der Waals surface area contributed by atoms with E-state index in [2.05, 4.69) is 51.4 Å². The fourth-order valence-electron chi connectivity index (χ4n) is 3.24. The summed E-state index contributed by atoms with van der Waals surface area (Å²) in [5.74, 6) is 1.53. The number of rotatable bonds is 6. The number of hydrogen-bond donors (Lipinski definition) is 3. The summed E-state index contributed by atoms with van der Waals surface area (Å²) in [5.41, 5.74) is 2.10. The topological polar surface area (TPSA) is 65.5 Å². The van der Waals surface area contributed by atoms with Gasteiger partial charge in [-0.15, -0.1) is 35.3 Å². The summed E-state index contributed by atoms with van der Waals surface area (Å²) < 4.78 is 0. The van der Waals surface area contributed by atoms with Gasteiger partial charge in [0.15, 0.2) is 5.96 Å². The number of carbonyl (C=O) groups excluding carboxylic acids is 1. The van der Waals surface area contributed by atoms with Crippen LogP contribution in [0.15, 0.2) is 46.8 Å². The highest BCUT2D eigenvalue weighted by Crippen LogP contribution is 2.31. The van der Waals surface area contributed by atoms with Crippen molar-refractivity contribution in [1.82, 2.24) is 10.6 Å². The van der Waals surface area contributed by atoms with E-state index in [1.165, 1.54) is 10.4 Å². The quantitative estimate of drug-likeness (QED) is 0.322. The molecule has 0 spiro atoms. The lowest BCUT2D eigenvalue weighted by Gasteiger charge is -2.26. The summed E-state index contributed by atoms with van der Waals surface area (Å²) in [4.78, 5) is 17.7. The predicted octanol–water partition coefficient (Wildman–Crippen LogP) is 3.84. The van der Waals surface area contributed by atoms with Crippen molar-refractivity contribution in [2.45, 2.75) is 25.7 Å². The number of thiophene rings is 1. The highest BCUT2D eigenvalue weighted by atomic mass is 127. The largest absolute Gasteiger partial charge is 0.356 e. The fourth-order valence-corrected chi connectivity index (χ4v) is 4.11. The molecule has 7 heteroatoms. The maximum absolute atomic E-state index is 11.9. The van der Waals surface area contributed by atoms with Crippen LogP contribution in [0.5, 0.6) is 0 Å². The summed E-state index contributed by atoms with van der Waals surface area (Å²) in [6.07, 6.45) is 1.56. The van der Waals surface area contributed by atoms with Crippen LogP contribution in [0.25, 0.3) is 0 Å².